The van der Waals surface area contributed by atoms with Gasteiger partial charge in [0.05, 0.1) is 10.2 Å². The maximum atomic E-state index is 5.73. The van der Waals surface area contributed by atoms with Crippen molar-refractivity contribution in [2.45, 2.75) is 25.8 Å². The third-order valence-corrected chi connectivity index (χ3v) is 4.36. The Hall–Kier alpha value is -1.13. The Balaban J connectivity index is 1.89. The largest absolute Gasteiger partial charge is 0.375 e. The molecule has 2 aromatic rings. The molecule has 3 nitrogen and oxygen atoms in total. The fraction of sp³-hybridized carbons (Fsp3) is 0.462. The Morgan fingerprint density at radius 2 is 2.29 bits per heavy atom. The molecule has 0 unspecified atom stereocenters. The summed E-state index contributed by atoms with van der Waals surface area (Å²) in [7, 11) is 0. The molecule has 3 N–H and O–H groups in total. The maximum Gasteiger partial charge on any atom is 0.181 e. The predicted molar refractivity (Wildman–Crippen MR) is 73.2 cm³/mol. The smallest absolute Gasteiger partial charge is 0.181 e. The van der Waals surface area contributed by atoms with E-state index in [1.807, 2.05) is 0 Å². The number of thiazole rings is 1. The highest BCUT2D eigenvalue weighted by Crippen LogP contribution is 2.30. The van der Waals surface area contributed by atoms with E-state index in [2.05, 4.69) is 35.4 Å². The number of hydrogen-bond donors (Lipinski definition) is 2. The molecule has 1 fully saturated rings. The van der Waals surface area contributed by atoms with E-state index in [1.54, 1.807) is 11.3 Å². The molecule has 2 atom stereocenters. The van der Waals surface area contributed by atoms with E-state index in [4.69, 9.17) is 5.73 Å². The summed E-state index contributed by atoms with van der Waals surface area (Å²) in [6.07, 6.45) is 2.52. The van der Waals surface area contributed by atoms with Gasteiger partial charge in [0.1, 0.15) is 0 Å². The van der Waals surface area contributed by atoms with E-state index < -0.39 is 0 Å². The Bertz CT molecular complexity index is 526. The zero-order valence-corrected chi connectivity index (χ0v) is 10.8. The molecule has 4 heteroatoms. The number of nitrogen functional groups attached to an aromatic ring is 1. The van der Waals surface area contributed by atoms with Crippen molar-refractivity contribution in [3.8, 4) is 0 Å². The highest BCUT2D eigenvalue weighted by Gasteiger charge is 2.19. The van der Waals surface area contributed by atoms with Gasteiger partial charge in [-0.2, -0.15) is 0 Å². The number of piperidine rings is 1. The molecule has 0 bridgehead atoms. The quantitative estimate of drug-likeness (QED) is 0.814. The number of nitrogens with one attached hydrogen (secondary N) is 1. The number of aromatic nitrogens is 1. The fourth-order valence-corrected chi connectivity index (χ4v) is 3.18. The minimum absolute atomic E-state index is 0.485. The van der Waals surface area contributed by atoms with Crippen LogP contribution in [0.4, 0.5) is 5.13 Å². The van der Waals surface area contributed by atoms with Gasteiger partial charge in [-0.05, 0) is 43.0 Å². The molecule has 1 saturated heterocycles. The average molecular weight is 247 g/mol. The fourth-order valence-electron chi connectivity index (χ4n) is 2.46. The van der Waals surface area contributed by atoms with Gasteiger partial charge in [0.25, 0.3) is 0 Å². The first kappa shape index (κ1) is 11.0. The lowest BCUT2D eigenvalue weighted by atomic mass is 9.92. The van der Waals surface area contributed by atoms with E-state index in [1.165, 1.54) is 23.1 Å². The summed E-state index contributed by atoms with van der Waals surface area (Å²) in [5.41, 5.74) is 8.10. The summed E-state index contributed by atoms with van der Waals surface area (Å²) in [5.74, 6) is 0.796. The summed E-state index contributed by atoms with van der Waals surface area (Å²) in [6, 6.07) is 7.00. The van der Waals surface area contributed by atoms with Crippen molar-refractivity contribution in [3.05, 3.63) is 23.8 Å². The first-order chi connectivity index (χ1) is 8.22. The summed E-state index contributed by atoms with van der Waals surface area (Å²) in [5, 5.41) is 4.26. The van der Waals surface area contributed by atoms with Crippen LogP contribution in [0, 0.1) is 5.92 Å². The van der Waals surface area contributed by atoms with Crippen molar-refractivity contribution in [1.29, 1.82) is 0 Å². The van der Waals surface area contributed by atoms with Crippen molar-refractivity contribution in [2.24, 2.45) is 5.92 Å². The van der Waals surface area contributed by atoms with E-state index >= 15 is 0 Å². The first-order valence-corrected chi connectivity index (χ1v) is 6.93. The second-order valence-electron chi connectivity index (χ2n) is 4.92. The number of fused-ring (bicyclic) bond motifs is 1. The van der Waals surface area contributed by atoms with E-state index in [-0.39, 0.29) is 0 Å². The number of anilines is 1. The number of hydrogen-bond acceptors (Lipinski definition) is 4. The molecule has 90 valence electrons. The second-order valence-corrected chi connectivity index (χ2v) is 5.98. The molecular formula is C13H17N3S. The monoisotopic (exact) mass is 247 g/mol. The minimum atomic E-state index is 0.485. The van der Waals surface area contributed by atoms with Crippen molar-refractivity contribution in [1.82, 2.24) is 10.3 Å². The van der Waals surface area contributed by atoms with Crippen molar-refractivity contribution in [2.75, 3.05) is 12.3 Å². The van der Waals surface area contributed by atoms with Crippen LogP contribution in [0.3, 0.4) is 0 Å². The summed E-state index contributed by atoms with van der Waals surface area (Å²) < 4.78 is 1.18. The van der Waals surface area contributed by atoms with Crippen LogP contribution in [-0.2, 0) is 0 Å². The Morgan fingerprint density at radius 1 is 1.41 bits per heavy atom. The minimum Gasteiger partial charge on any atom is -0.375 e. The van der Waals surface area contributed by atoms with Crippen molar-refractivity contribution in [3.63, 3.8) is 0 Å². The number of benzene rings is 1. The molecule has 0 spiro atoms. The third-order valence-electron chi connectivity index (χ3n) is 3.49. The third kappa shape index (κ3) is 2.15. The molecule has 17 heavy (non-hydrogen) atoms. The van der Waals surface area contributed by atoms with Gasteiger partial charge in [-0.3, -0.25) is 0 Å². The zero-order chi connectivity index (χ0) is 11.8. The number of nitrogens with two attached hydrogens (primary N) is 1. The predicted octanol–water partition coefficient (Wildman–Crippen LogP) is 2.94. The Labute approximate surface area is 105 Å². The second kappa shape index (κ2) is 4.27. The van der Waals surface area contributed by atoms with Crippen LogP contribution in [-0.4, -0.2) is 11.5 Å². The normalized spacial score (nSPS) is 25.2. The SMILES string of the molecule is C[C@H]1CC[C@H](c2ccc3sc(N)nc3c2)NC1. The van der Waals surface area contributed by atoms with Gasteiger partial charge >= 0.3 is 0 Å². The molecule has 3 rings (SSSR count). The van der Waals surface area contributed by atoms with Gasteiger partial charge in [0.15, 0.2) is 5.13 Å². The van der Waals surface area contributed by atoms with Crippen LogP contribution in [0.15, 0.2) is 18.2 Å². The standard InChI is InChI=1S/C13H17N3S/c1-8-2-4-10(15-7-8)9-3-5-12-11(6-9)16-13(14)17-12/h3,5-6,8,10,15H,2,4,7H2,1H3,(H2,14,16)/t8-,10+/m0/s1. The molecule has 1 aliphatic heterocycles. The molecule has 0 aliphatic carbocycles. The number of nitrogens with zero attached hydrogens (tertiary/aromatic N) is 1. The lowest BCUT2D eigenvalue weighted by Gasteiger charge is -2.28. The lowest BCUT2D eigenvalue weighted by Crippen LogP contribution is -2.31. The van der Waals surface area contributed by atoms with Crippen LogP contribution in [0.2, 0.25) is 0 Å². The van der Waals surface area contributed by atoms with Crippen LogP contribution >= 0.6 is 11.3 Å². The van der Waals surface area contributed by atoms with Crippen molar-refractivity contribution < 1.29 is 0 Å². The molecule has 0 saturated carbocycles. The molecule has 0 amide bonds. The highest BCUT2D eigenvalue weighted by atomic mass is 32.1. The molecule has 1 aliphatic rings. The highest BCUT2D eigenvalue weighted by molar-refractivity contribution is 7.22. The van der Waals surface area contributed by atoms with Gasteiger partial charge < -0.3 is 11.1 Å². The van der Waals surface area contributed by atoms with Gasteiger partial charge in [-0.1, -0.05) is 24.3 Å². The van der Waals surface area contributed by atoms with Gasteiger partial charge in [0.2, 0.25) is 0 Å². The van der Waals surface area contributed by atoms with Crippen LogP contribution < -0.4 is 11.1 Å². The Kier molecular flexibility index (Phi) is 2.76. The van der Waals surface area contributed by atoms with Gasteiger partial charge in [0, 0.05) is 6.04 Å². The maximum absolute atomic E-state index is 5.73. The van der Waals surface area contributed by atoms with E-state index in [0.29, 0.717) is 11.2 Å². The van der Waals surface area contributed by atoms with Gasteiger partial charge in [-0.25, -0.2) is 4.98 Å². The first-order valence-electron chi connectivity index (χ1n) is 6.12. The van der Waals surface area contributed by atoms with Crippen LogP contribution in [0.5, 0.6) is 0 Å². The van der Waals surface area contributed by atoms with E-state index in [0.717, 1.165) is 18.0 Å². The van der Waals surface area contributed by atoms with Crippen molar-refractivity contribution >= 4 is 26.7 Å². The lowest BCUT2D eigenvalue weighted by molar-refractivity contribution is 0.333. The molecule has 1 aromatic heterocycles. The molecule has 0 radical (unpaired) electrons. The molecule has 1 aromatic carbocycles. The summed E-state index contributed by atoms with van der Waals surface area (Å²) in [4.78, 5) is 4.35. The average Bonchev–Trinajstić information content (AvgIpc) is 2.69. The summed E-state index contributed by atoms with van der Waals surface area (Å²) in [6.45, 7) is 3.41. The van der Waals surface area contributed by atoms with Crippen LogP contribution in [0.25, 0.3) is 10.2 Å². The molecule has 2 heterocycles. The number of rotatable bonds is 1. The summed E-state index contributed by atoms with van der Waals surface area (Å²) >= 11 is 1.55. The van der Waals surface area contributed by atoms with Gasteiger partial charge in [-0.15, -0.1) is 0 Å². The topological polar surface area (TPSA) is 50.9 Å². The zero-order valence-electron chi connectivity index (χ0n) is 9.94. The van der Waals surface area contributed by atoms with E-state index in [9.17, 15) is 0 Å². The molecular weight excluding hydrogens is 230 g/mol. The van der Waals surface area contributed by atoms with Crippen LogP contribution in [0.1, 0.15) is 31.4 Å². The Morgan fingerprint density at radius 3 is 3.06 bits per heavy atom.